The fraction of sp³-hybridized carbons (Fsp3) is 0.680. The third-order valence-corrected chi connectivity index (χ3v) is 5.61. The van der Waals surface area contributed by atoms with E-state index in [9.17, 15) is 14.4 Å². The molecule has 0 radical (unpaired) electrons. The second-order valence-corrected chi connectivity index (χ2v) is 8.89. The summed E-state index contributed by atoms with van der Waals surface area (Å²) < 4.78 is 16.2. The number of ether oxygens (including phenoxy) is 3. The standard InChI is InChI=1S/C25H40N2O7/c1-5-6-14-32-16-17-33-23(30)19-25(3,18-20(2)21-7-10-26-11-8-21)24(31)34-15-13-27(4)12-9-22(28)29/h7-8,10-11,20H,5-6,9,12-19H2,1-4H3,(H,28,29). The Kier molecular flexibility index (Phi) is 14.0. The van der Waals surface area contributed by atoms with Crippen LogP contribution < -0.4 is 0 Å². The highest BCUT2D eigenvalue weighted by molar-refractivity contribution is 5.83. The van der Waals surface area contributed by atoms with Gasteiger partial charge in [-0.25, -0.2) is 0 Å². The second kappa shape index (κ2) is 16.2. The molecule has 0 fully saturated rings. The van der Waals surface area contributed by atoms with Gasteiger partial charge in [-0.05, 0) is 50.4 Å². The van der Waals surface area contributed by atoms with E-state index in [1.807, 2.05) is 19.1 Å². The lowest BCUT2D eigenvalue weighted by atomic mass is 9.77. The minimum Gasteiger partial charge on any atom is -0.481 e. The van der Waals surface area contributed by atoms with Crippen molar-refractivity contribution in [2.24, 2.45) is 5.41 Å². The molecule has 2 atom stereocenters. The quantitative estimate of drug-likeness (QED) is 0.250. The molecule has 0 aliphatic carbocycles. The lowest BCUT2D eigenvalue weighted by Gasteiger charge is -2.30. The topological polar surface area (TPSA) is 115 Å². The van der Waals surface area contributed by atoms with E-state index in [4.69, 9.17) is 19.3 Å². The van der Waals surface area contributed by atoms with Gasteiger partial charge >= 0.3 is 17.9 Å². The number of carboxylic acids is 1. The van der Waals surface area contributed by atoms with Gasteiger partial charge in [0.05, 0.1) is 24.9 Å². The van der Waals surface area contributed by atoms with Crippen molar-refractivity contribution in [3.63, 3.8) is 0 Å². The van der Waals surface area contributed by atoms with Gasteiger partial charge in [-0.3, -0.25) is 19.4 Å². The fourth-order valence-electron chi connectivity index (χ4n) is 3.51. The van der Waals surface area contributed by atoms with Gasteiger partial charge in [0.15, 0.2) is 0 Å². The predicted molar refractivity (Wildman–Crippen MR) is 127 cm³/mol. The number of aliphatic carboxylic acids is 1. The number of unbranched alkanes of at least 4 members (excludes halogenated alkanes) is 1. The number of nitrogens with zero attached hydrogens (tertiary/aromatic N) is 2. The van der Waals surface area contributed by atoms with Crippen LogP contribution in [0.15, 0.2) is 24.5 Å². The summed E-state index contributed by atoms with van der Waals surface area (Å²) in [6.07, 6.45) is 5.68. The smallest absolute Gasteiger partial charge is 0.312 e. The Balaban J connectivity index is 2.71. The summed E-state index contributed by atoms with van der Waals surface area (Å²) in [6, 6.07) is 3.78. The summed E-state index contributed by atoms with van der Waals surface area (Å²) in [4.78, 5) is 42.2. The van der Waals surface area contributed by atoms with Crippen molar-refractivity contribution in [3.8, 4) is 0 Å². The molecule has 34 heavy (non-hydrogen) atoms. The molecule has 2 unspecified atom stereocenters. The van der Waals surface area contributed by atoms with E-state index in [0.717, 1.165) is 18.4 Å². The van der Waals surface area contributed by atoms with E-state index in [2.05, 4.69) is 11.9 Å². The molecule has 0 bridgehead atoms. The molecule has 9 heteroatoms. The Hall–Kier alpha value is -2.52. The van der Waals surface area contributed by atoms with E-state index < -0.39 is 23.3 Å². The summed E-state index contributed by atoms with van der Waals surface area (Å²) in [5, 5.41) is 8.79. The third kappa shape index (κ3) is 12.1. The number of aromatic nitrogens is 1. The molecular formula is C25H40N2O7. The molecule has 0 saturated carbocycles. The highest BCUT2D eigenvalue weighted by atomic mass is 16.6. The first-order chi connectivity index (χ1) is 16.2. The number of hydrogen-bond acceptors (Lipinski definition) is 8. The second-order valence-electron chi connectivity index (χ2n) is 8.89. The molecule has 0 aliphatic rings. The lowest BCUT2D eigenvalue weighted by molar-refractivity contribution is -0.163. The van der Waals surface area contributed by atoms with Gasteiger partial charge in [-0.1, -0.05) is 20.3 Å². The molecule has 0 spiro atoms. The monoisotopic (exact) mass is 480 g/mol. The van der Waals surface area contributed by atoms with Crippen molar-refractivity contribution < 1.29 is 33.7 Å². The lowest BCUT2D eigenvalue weighted by Crippen LogP contribution is -2.36. The molecule has 192 valence electrons. The van der Waals surface area contributed by atoms with Crippen LogP contribution in [0.1, 0.15) is 64.4 Å². The first kappa shape index (κ1) is 29.5. The molecule has 1 aromatic heterocycles. The zero-order chi connectivity index (χ0) is 25.4. The molecule has 1 N–H and O–H groups in total. The zero-order valence-corrected chi connectivity index (χ0v) is 21.0. The molecule has 0 amide bonds. The van der Waals surface area contributed by atoms with Crippen LogP contribution in [0.2, 0.25) is 0 Å². The van der Waals surface area contributed by atoms with Crippen LogP contribution in [0.5, 0.6) is 0 Å². The Labute approximate surface area is 202 Å². The summed E-state index contributed by atoms with van der Waals surface area (Å²) in [7, 11) is 1.77. The summed E-state index contributed by atoms with van der Waals surface area (Å²) in [5.41, 5.74) is -0.0669. The number of rotatable bonds is 18. The number of carboxylic acid groups (broad SMARTS) is 1. The summed E-state index contributed by atoms with van der Waals surface area (Å²) in [6.45, 7) is 7.74. The first-order valence-electron chi connectivity index (χ1n) is 11.9. The molecule has 9 nitrogen and oxygen atoms in total. The maximum atomic E-state index is 13.1. The Morgan fingerprint density at radius 3 is 2.44 bits per heavy atom. The van der Waals surface area contributed by atoms with Crippen molar-refractivity contribution in [2.45, 2.75) is 58.8 Å². The van der Waals surface area contributed by atoms with Crippen LogP contribution in [0.3, 0.4) is 0 Å². The van der Waals surface area contributed by atoms with Crippen LogP contribution in [0, 0.1) is 5.41 Å². The SMILES string of the molecule is CCCCOCCOC(=O)CC(C)(CC(C)c1ccncc1)C(=O)OCCN(C)CCC(=O)O. The maximum absolute atomic E-state index is 13.1. The Bertz CT molecular complexity index is 744. The normalized spacial score (nSPS) is 13.8. The van der Waals surface area contributed by atoms with Crippen LogP contribution in [0.25, 0.3) is 0 Å². The van der Waals surface area contributed by atoms with Gasteiger partial charge in [-0.15, -0.1) is 0 Å². The van der Waals surface area contributed by atoms with Crippen molar-refractivity contribution in [1.82, 2.24) is 9.88 Å². The van der Waals surface area contributed by atoms with E-state index >= 15 is 0 Å². The van der Waals surface area contributed by atoms with E-state index in [1.54, 1.807) is 31.3 Å². The van der Waals surface area contributed by atoms with E-state index in [0.29, 0.717) is 32.7 Å². The molecule has 0 saturated heterocycles. The number of pyridine rings is 1. The van der Waals surface area contributed by atoms with Crippen LogP contribution in [-0.4, -0.2) is 79.5 Å². The molecule has 1 rings (SSSR count). The Morgan fingerprint density at radius 1 is 1.09 bits per heavy atom. The zero-order valence-electron chi connectivity index (χ0n) is 21.0. The molecule has 0 aromatic carbocycles. The minimum atomic E-state index is -1.08. The third-order valence-electron chi connectivity index (χ3n) is 5.61. The highest BCUT2D eigenvalue weighted by Crippen LogP contribution is 2.36. The summed E-state index contributed by atoms with van der Waals surface area (Å²) in [5.74, 6) is -1.84. The molecular weight excluding hydrogens is 440 g/mol. The summed E-state index contributed by atoms with van der Waals surface area (Å²) >= 11 is 0. The average Bonchev–Trinajstić information content (AvgIpc) is 2.80. The molecule has 1 aromatic rings. The number of carbonyl (C=O) groups is 3. The van der Waals surface area contributed by atoms with Gasteiger partial charge in [0.25, 0.3) is 0 Å². The van der Waals surface area contributed by atoms with E-state index in [1.165, 1.54) is 0 Å². The van der Waals surface area contributed by atoms with Gasteiger partial charge in [0.2, 0.25) is 0 Å². The number of hydrogen-bond donors (Lipinski definition) is 1. The Morgan fingerprint density at radius 2 is 1.79 bits per heavy atom. The van der Waals surface area contributed by atoms with E-state index in [-0.39, 0.29) is 32.0 Å². The molecule has 1 heterocycles. The van der Waals surface area contributed by atoms with Crippen LogP contribution in [0.4, 0.5) is 0 Å². The predicted octanol–water partition coefficient (Wildman–Crippen LogP) is 3.28. The fourth-order valence-corrected chi connectivity index (χ4v) is 3.51. The first-order valence-corrected chi connectivity index (χ1v) is 11.9. The van der Waals surface area contributed by atoms with Crippen LogP contribution >= 0.6 is 0 Å². The maximum Gasteiger partial charge on any atom is 0.312 e. The molecule has 0 aliphatic heterocycles. The van der Waals surface area contributed by atoms with Gasteiger partial charge in [0.1, 0.15) is 13.2 Å². The highest BCUT2D eigenvalue weighted by Gasteiger charge is 2.39. The van der Waals surface area contributed by atoms with Gasteiger partial charge in [0, 0.05) is 32.1 Å². The van der Waals surface area contributed by atoms with Crippen molar-refractivity contribution >= 4 is 17.9 Å². The van der Waals surface area contributed by atoms with Crippen LogP contribution in [-0.2, 0) is 28.6 Å². The van der Waals surface area contributed by atoms with Gasteiger partial charge in [-0.2, -0.15) is 0 Å². The van der Waals surface area contributed by atoms with Crippen molar-refractivity contribution in [3.05, 3.63) is 30.1 Å². The largest absolute Gasteiger partial charge is 0.481 e. The van der Waals surface area contributed by atoms with Crippen molar-refractivity contribution in [2.75, 3.05) is 46.6 Å². The minimum absolute atomic E-state index is 0.0102. The number of esters is 2. The van der Waals surface area contributed by atoms with Gasteiger partial charge < -0.3 is 24.2 Å². The number of likely N-dealkylation sites (N-methyl/N-ethyl adjacent to an activating group) is 1. The number of carbonyl (C=O) groups excluding carboxylic acids is 2. The average molecular weight is 481 g/mol. The van der Waals surface area contributed by atoms with Crippen molar-refractivity contribution in [1.29, 1.82) is 0 Å².